The maximum Gasteiger partial charge on any atom is 0.274 e. The zero-order valence-electron chi connectivity index (χ0n) is 15.9. The highest BCUT2D eigenvalue weighted by atomic mass is 16.2. The molecule has 1 amide bonds. The minimum Gasteiger partial charge on any atom is -0.370 e. The Morgan fingerprint density at radius 2 is 1.89 bits per heavy atom. The van der Waals surface area contributed by atoms with Crippen LogP contribution in [0.5, 0.6) is 0 Å². The third kappa shape index (κ3) is 4.00. The first-order chi connectivity index (χ1) is 13.0. The molecule has 2 aromatic carbocycles. The summed E-state index contributed by atoms with van der Waals surface area (Å²) in [7, 11) is 1.56. The normalized spacial score (nSPS) is 10.8. The van der Waals surface area contributed by atoms with Crippen LogP contribution >= 0.6 is 0 Å². The largest absolute Gasteiger partial charge is 0.370 e. The number of fused-ring (bicyclic) bond motifs is 1. The van der Waals surface area contributed by atoms with Crippen LogP contribution in [0, 0.1) is 6.92 Å². The summed E-state index contributed by atoms with van der Waals surface area (Å²) in [5.74, 6) is -0.276. The number of aryl methyl sites for hydroxylation is 2. The first-order valence-corrected chi connectivity index (χ1v) is 9.07. The Morgan fingerprint density at radius 1 is 1.15 bits per heavy atom. The van der Waals surface area contributed by atoms with Crippen molar-refractivity contribution in [3.63, 3.8) is 0 Å². The SMILES string of the molecule is CCN(CCNC(=O)c1nn(C)c(=O)c2ccccc12)c1cccc(C)c1. The van der Waals surface area contributed by atoms with Crippen molar-refractivity contribution in [1.29, 1.82) is 0 Å². The van der Waals surface area contributed by atoms with Crippen LogP contribution in [0.15, 0.2) is 53.3 Å². The van der Waals surface area contributed by atoms with E-state index in [9.17, 15) is 9.59 Å². The lowest BCUT2D eigenvalue weighted by molar-refractivity contribution is 0.0949. The number of aromatic nitrogens is 2. The van der Waals surface area contributed by atoms with E-state index in [1.807, 2.05) is 6.07 Å². The highest BCUT2D eigenvalue weighted by Gasteiger charge is 2.15. The van der Waals surface area contributed by atoms with Gasteiger partial charge in [-0.3, -0.25) is 9.59 Å². The second-order valence-corrected chi connectivity index (χ2v) is 6.50. The van der Waals surface area contributed by atoms with Gasteiger partial charge in [0.1, 0.15) is 0 Å². The van der Waals surface area contributed by atoms with Crippen LogP contribution in [-0.4, -0.2) is 35.3 Å². The van der Waals surface area contributed by atoms with Gasteiger partial charge < -0.3 is 10.2 Å². The molecule has 6 heteroatoms. The van der Waals surface area contributed by atoms with Crippen LogP contribution in [0.25, 0.3) is 10.8 Å². The quantitative estimate of drug-likeness (QED) is 0.730. The van der Waals surface area contributed by atoms with E-state index in [1.165, 1.54) is 10.2 Å². The molecule has 0 spiro atoms. The number of hydrogen-bond donors (Lipinski definition) is 1. The molecule has 0 saturated heterocycles. The number of benzene rings is 2. The molecular formula is C21H24N4O2. The van der Waals surface area contributed by atoms with Crippen molar-refractivity contribution >= 4 is 22.4 Å². The van der Waals surface area contributed by atoms with E-state index in [-0.39, 0.29) is 17.2 Å². The summed E-state index contributed by atoms with van der Waals surface area (Å²) in [5, 5.41) is 8.16. The summed E-state index contributed by atoms with van der Waals surface area (Å²) in [5.41, 5.74) is 2.40. The van der Waals surface area contributed by atoms with Gasteiger partial charge in [-0.2, -0.15) is 5.10 Å². The molecule has 3 rings (SSSR count). The predicted molar refractivity (Wildman–Crippen MR) is 108 cm³/mol. The third-order valence-electron chi connectivity index (χ3n) is 4.59. The zero-order valence-corrected chi connectivity index (χ0v) is 15.9. The molecule has 140 valence electrons. The van der Waals surface area contributed by atoms with Crippen molar-refractivity contribution < 1.29 is 4.79 Å². The average molecular weight is 364 g/mol. The van der Waals surface area contributed by atoms with Gasteiger partial charge in [0.05, 0.1) is 5.39 Å². The highest BCUT2D eigenvalue weighted by molar-refractivity contribution is 6.04. The van der Waals surface area contributed by atoms with Crippen LogP contribution in [0.4, 0.5) is 5.69 Å². The van der Waals surface area contributed by atoms with Crippen molar-refractivity contribution in [2.45, 2.75) is 13.8 Å². The van der Waals surface area contributed by atoms with Crippen molar-refractivity contribution in [3.05, 3.63) is 70.1 Å². The molecule has 1 N–H and O–H groups in total. The monoisotopic (exact) mass is 364 g/mol. The fraction of sp³-hybridized carbons (Fsp3) is 0.286. The highest BCUT2D eigenvalue weighted by Crippen LogP contribution is 2.15. The van der Waals surface area contributed by atoms with E-state index >= 15 is 0 Å². The summed E-state index contributed by atoms with van der Waals surface area (Å²) in [4.78, 5) is 27.1. The summed E-state index contributed by atoms with van der Waals surface area (Å²) in [6, 6.07) is 15.4. The van der Waals surface area contributed by atoms with Crippen molar-refractivity contribution in [3.8, 4) is 0 Å². The number of rotatable bonds is 6. The standard InChI is InChI=1S/C21H24N4O2/c1-4-25(16-9-7-8-15(2)14-16)13-12-22-20(26)19-17-10-5-6-11-18(17)21(27)24(3)23-19/h5-11,14H,4,12-13H2,1-3H3,(H,22,26). The number of anilines is 1. The summed E-state index contributed by atoms with van der Waals surface area (Å²) < 4.78 is 1.21. The van der Waals surface area contributed by atoms with Gasteiger partial charge in [0.2, 0.25) is 0 Å². The molecule has 0 aliphatic carbocycles. The Bertz CT molecular complexity index is 1030. The first-order valence-electron chi connectivity index (χ1n) is 9.07. The molecule has 0 bridgehead atoms. The van der Waals surface area contributed by atoms with Gasteiger partial charge in [0.25, 0.3) is 11.5 Å². The lowest BCUT2D eigenvalue weighted by Gasteiger charge is -2.23. The molecule has 0 unspecified atom stereocenters. The number of carbonyl (C=O) groups is 1. The van der Waals surface area contributed by atoms with E-state index in [1.54, 1.807) is 31.3 Å². The van der Waals surface area contributed by atoms with Crippen LogP contribution in [0.1, 0.15) is 23.0 Å². The van der Waals surface area contributed by atoms with Crippen molar-refractivity contribution in [2.75, 3.05) is 24.5 Å². The average Bonchev–Trinajstić information content (AvgIpc) is 2.68. The molecule has 27 heavy (non-hydrogen) atoms. The molecule has 0 aliphatic rings. The smallest absolute Gasteiger partial charge is 0.274 e. The predicted octanol–water partition coefficient (Wildman–Crippen LogP) is 2.50. The van der Waals surface area contributed by atoms with E-state index in [4.69, 9.17) is 0 Å². The molecule has 0 fully saturated rings. The second kappa shape index (κ2) is 8.03. The molecule has 0 atom stereocenters. The Labute approximate surface area is 158 Å². The zero-order chi connectivity index (χ0) is 19.4. The fourth-order valence-electron chi connectivity index (χ4n) is 3.15. The number of hydrogen-bond acceptors (Lipinski definition) is 4. The second-order valence-electron chi connectivity index (χ2n) is 6.50. The molecule has 0 aliphatic heterocycles. The van der Waals surface area contributed by atoms with Gasteiger partial charge in [-0.1, -0.05) is 30.3 Å². The van der Waals surface area contributed by atoms with E-state index in [0.29, 0.717) is 23.9 Å². The lowest BCUT2D eigenvalue weighted by Crippen LogP contribution is -2.36. The van der Waals surface area contributed by atoms with E-state index < -0.39 is 0 Å². The minimum absolute atomic E-state index is 0.209. The maximum absolute atomic E-state index is 12.7. The number of amides is 1. The number of nitrogens with zero attached hydrogens (tertiary/aromatic N) is 3. The van der Waals surface area contributed by atoms with Gasteiger partial charge >= 0.3 is 0 Å². The van der Waals surface area contributed by atoms with Crippen LogP contribution in [0.2, 0.25) is 0 Å². The molecule has 1 heterocycles. The Balaban J connectivity index is 1.74. The van der Waals surface area contributed by atoms with Crippen LogP contribution in [-0.2, 0) is 7.05 Å². The molecule has 1 aromatic heterocycles. The summed E-state index contributed by atoms with van der Waals surface area (Å²) in [6.07, 6.45) is 0. The number of likely N-dealkylation sites (N-methyl/N-ethyl adjacent to an activating group) is 1. The van der Waals surface area contributed by atoms with Crippen molar-refractivity contribution in [1.82, 2.24) is 15.1 Å². The molecular weight excluding hydrogens is 340 g/mol. The minimum atomic E-state index is -0.276. The van der Waals surface area contributed by atoms with Gasteiger partial charge in [0, 0.05) is 37.8 Å². The summed E-state index contributed by atoms with van der Waals surface area (Å²) in [6.45, 7) is 6.18. The van der Waals surface area contributed by atoms with Gasteiger partial charge in [0.15, 0.2) is 5.69 Å². The number of nitrogens with one attached hydrogen (secondary N) is 1. The molecule has 6 nitrogen and oxygen atoms in total. The van der Waals surface area contributed by atoms with E-state index in [0.717, 1.165) is 12.2 Å². The Hall–Kier alpha value is -3.15. The van der Waals surface area contributed by atoms with Crippen LogP contribution < -0.4 is 15.8 Å². The molecule has 0 radical (unpaired) electrons. The fourth-order valence-corrected chi connectivity index (χ4v) is 3.15. The topological polar surface area (TPSA) is 67.2 Å². The number of carbonyl (C=O) groups excluding carboxylic acids is 1. The Morgan fingerprint density at radius 3 is 2.59 bits per heavy atom. The lowest BCUT2D eigenvalue weighted by atomic mass is 10.1. The molecule has 0 saturated carbocycles. The third-order valence-corrected chi connectivity index (χ3v) is 4.59. The van der Waals surface area contributed by atoms with Gasteiger partial charge in [-0.15, -0.1) is 0 Å². The Kier molecular flexibility index (Phi) is 5.54. The molecule has 3 aromatic rings. The van der Waals surface area contributed by atoms with Crippen molar-refractivity contribution in [2.24, 2.45) is 7.05 Å². The van der Waals surface area contributed by atoms with E-state index in [2.05, 4.69) is 47.4 Å². The van der Waals surface area contributed by atoms with Gasteiger partial charge in [-0.25, -0.2) is 4.68 Å². The first kappa shape index (κ1) is 18.6. The van der Waals surface area contributed by atoms with Crippen LogP contribution in [0.3, 0.4) is 0 Å². The summed E-state index contributed by atoms with van der Waals surface area (Å²) >= 11 is 0. The maximum atomic E-state index is 12.7. The van der Waals surface area contributed by atoms with Gasteiger partial charge in [-0.05, 0) is 37.6 Å².